The van der Waals surface area contributed by atoms with Gasteiger partial charge in [-0.25, -0.2) is 4.99 Å². The number of ether oxygens (including phenoxy) is 1. The molecule has 6 heteroatoms. The van der Waals surface area contributed by atoms with E-state index in [9.17, 15) is 4.79 Å². The van der Waals surface area contributed by atoms with Crippen LogP contribution in [0.1, 0.15) is 20.3 Å². The number of carbonyl (C=O) groups is 1. The minimum Gasteiger partial charge on any atom is -0.381 e. The Hall–Kier alpha value is -1.56. The highest BCUT2D eigenvalue weighted by Gasteiger charge is 2.03. The van der Waals surface area contributed by atoms with Gasteiger partial charge in [-0.15, -0.1) is 6.58 Å². The van der Waals surface area contributed by atoms with E-state index < -0.39 is 0 Å². The first-order valence-corrected chi connectivity index (χ1v) is 7.38. The number of amides is 1. The molecule has 2 N–H and O–H groups in total. The van der Waals surface area contributed by atoms with Crippen LogP contribution in [0.4, 0.5) is 0 Å². The second-order valence-corrected chi connectivity index (χ2v) is 5.37. The maximum absolute atomic E-state index is 11.5. The van der Waals surface area contributed by atoms with Crippen LogP contribution in [0.3, 0.4) is 0 Å². The van der Waals surface area contributed by atoms with Gasteiger partial charge in [0.25, 0.3) is 0 Å². The molecule has 0 heterocycles. The Kier molecular flexibility index (Phi) is 11.3. The van der Waals surface area contributed by atoms with Gasteiger partial charge in [0.2, 0.25) is 5.91 Å². The van der Waals surface area contributed by atoms with Gasteiger partial charge in [0.15, 0.2) is 5.96 Å². The monoisotopic (exact) mass is 298 g/mol. The van der Waals surface area contributed by atoms with Gasteiger partial charge >= 0.3 is 0 Å². The second-order valence-electron chi connectivity index (χ2n) is 5.37. The van der Waals surface area contributed by atoms with Gasteiger partial charge in [-0.1, -0.05) is 19.9 Å². The number of carbonyl (C=O) groups excluding carboxylic acids is 1. The van der Waals surface area contributed by atoms with Gasteiger partial charge in [-0.3, -0.25) is 4.79 Å². The maximum Gasteiger partial charge on any atom is 0.243 e. The van der Waals surface area contributed by atoms with Crippen molar-refractivity contribution in [2.45, 2.75) is 20.3 Å². The summed E-state index contributed by atoms with van der Waals surface area (Å²) < 4.78 is 5.51. The van der Waals surface area contributed by atoms with E-state index in [2.05, 4.69) is 36.1 Å². The van der Waals surface area contributed by atoms with Crippen LogP contribution in [-0.2, 0) is 9.53 Å². The molecule has 0 saturated carbocycles. The minimum atomic E-state index is -0.0324. The standard InChI is InChI=1S/C15H30N4O2/c1-6-8-16-15(18-11-14(20)19(4)5)17-9-7-10-21-12-13(2)3/h6,13H,1,7-12H2,2-5H3,(H2,16,17,18). The third-order valence-electron chi connectivity index (χ3n) is 2.49. The fraction of sp³-hybridized carbons (Fsp3) is 0.733. The molecule has 0 aromatic rings. The van der Waals surface area contributed by atoms with Gasteiger partial charge < -0.3 is 20.3 Å². The van der Waals surface area contributed by atoms with Crippen molar-refractivity contribution >= 4 is 11.9 Å². The number of rotatable bonds is 10. The number of nitrogens with zero attached hydrogens (tertiary/aromatic N) is 2. The summed E-state index contributed by atoms with van der Waals surface area (Å²) in [6.07, 6.45) is 2.64. The van der Waals surface area contributed by atoms with Crippen molar-refractivity contribution in [3.63, 3.8) is 0 Å². The summed E-state index contributed by atoms with van der Waals surface area (Å²) in [7, 11) is 3.43. The maximum atomic E-state index is 11.5. The number of hydrogen-bond donors (Lipinski definition) is 2. The van der Waals surface area contributed by atoms with Crippen molar-refractivity contribution in [1.82, 2.24) is 15.5 Å². The SMILES string of the molecule is C=CCNC(=NCC(=O)N(C)C)NCCCOCC(C)C. The van der Waals surface area contributed by atoms with Crippen LogP contribution >= 0.6 is 0 Å². The Morgan fingerprint density at radius 3 is 2.67 bits per heavy atom. The van der Waals surface area contributed by atoms with E-state index in [0.717, 1.165) is 26.2 Å². The summed E-state index contributed by atoms with van der Waals surface area (Å²) in [5, 5.41) is 6.26. The van der Waals surface area contributed by atoms with Crippen LogP contribution in [0, 0.1) is 5.92 Å². The molecule has 0 bridgehead atoms. The van der Waals surface area contributed by atoms with Gasteiger partial charge in [-0.05, 0) is 12.3 Å². The minimum absolute atomic E-state index is 0.0324. The number of hydrogen-bond acceptors (Lipinski definition) is 3. The predicted molar refractivity (Wildman–Crippen MR) is 87.5 cm³/mol. The molecule has 0 radical (unpaired) electrons. The molecule has 122 valence electrons. The van der Waals surface area contributed by atoms with Crippen molar-refractivity contribution in [2.75, 3.05) is 46.9 Å². The summed E-state index contributed by atoms with van der Waals surface area (Å²) in [5.41, 5.74) is 0. The summed E-state index contributed by atoms with van der Waals surface area (Å²) in [6.45, 7) is 10.9. The van der Waals surface area contributed by atoms with Crippen molar-refractivity contribution in [3.05, 3.63) is 12.7 Å². The van der Waals surface area contributed by atoms with Crippen LogP contribution in [0.2, 0.25) is 0 Å². The zero-order valence-electron chi connectivity index (χ0n) is 13.8. The smallest absolute Gasteiger partial charge is 0.243 e. The van der Waals surface area contributed by atoms with E-state index in [1.54, 1.807) is 20.2 Å². The molecule has 0 spiro atoms. The van der Waals surface area contributed by atoms with Crippen LogP contribution in [0.15, 0.2) is 17.6 Å². The highest BCUT2D eigenvalue weighted by Crippen LogP contribution is 1.92. The summed E-state index contributed by atoms with van der Waals surface area (Å²) in [5.74, 6) is 1.14. The molecule has 21 heavy (non-hydrogen) atoms. The highest BCUT2D eigenvalue weighted by molar-refractivity contribution is 5.84. The van der Waals surface area contributed by atoms with E-state index in [4.69, 9.17) is 4.74 Å². The normalized spacial score (nSPS) is 11.4. The predicted octanol–water partition coefficient (Wildman–Crippen LogP) is 0.859. The molecule has 0 aromatic carbocycles. The quantitative estimate of drug-likeness (QED) is 0.272. The Bertz CT molecular complexity index is 328. The number of aliphatic imine (C=N–C) groups is 1. The van der Waals surface area contributed by atoms with Crippen molar-refractivity contribution in [3.8, 4) is 0 Å². The molecule has 0 aliphatic heterocycles. The lowest BCUT2D eigenvalue weighted by Crippen LogP contribution is -2.39. The van der Waals surface area contributed by atoms with Crippen molar-refractivity contribution < 1.29 is 9.53 Å². The fourth-order valence-corrected chi connectivity index (χ4v) is 1.33. The topological polar surface area (TPSA) is 66.0 Å². The third kappa shape index (κ3) is 11.9. The van der Waals surface area contributed by atoms with Crippen LogP contribution < -0.4 is 10.6 Å². The molecule has 0 aliphatic rings. The van der Waals surface area contributed by atoms with Gasteiger partial charge in [0, 0.05) is 40.4 Å². The van der Waals surface area contributed by atoms with Gasteiger partial charge in [-0.2, -0.15) is 0 Å². The molecule has 0 aromatic heterocycles. The number of nitrogens with one attached hydrogen (secondary N) is 2. The van der Waals surface area contributed by atoms with Gasteiger partial charge in [0.1, 0.15) is 6.54 Å². The zero-order chi connectivity index (χ0) is 16.1. The molecular weight excluding hydrogens is 268 g/mol. The summed E-state index contributed by atoms with van der Waals surface area (Å²) in [4.78, 5) is 17.3. The summed E-state index contributed by atoms with van der Waals surface area (Å²) >= 11 is 0. The van der Waals surface area contributed by atoms with E-state index in [1.807, 2.05) is 0 Å². The molecule has 0 atom stereocenters. The van der Waals surface area contributed by atoms with E-state index in [-0.39, 0.29) is 12.5 Å². The average molecular weight is 298 g/mol. The number of likely N-dealkylation sites (N-methyl/N-ethyl adjacent to an activating group) is 1. The first-order chi connectivity index (χ1) is 9.97. The number of guanidine groups is 1. The van der Waals surface area contributed by atoms with E-state index in [1.165, 1.54) is 4.90 Å². The highest BCUT2D eigenvalue weighted by atomic mass is 16.5. The van der Waals surface area contributed by atoms with E-state index in [0.29, 0.717) is 18.4 Å². The van der Waals surface area contributed by atoms with Crippen LogP contribution in [0.5, 0.6) is 0 Å². The molecule has 0 aliphatic carbocycles. The largest absolute Gasteiger partial charge is 0.381 e. The lowest BCUT2D eigenvalue weighted by atomic mass is 10.2. The van der Waals surface area contributed by atoms with Crippen LogP contribution in [-0.4, -0.2) is 63.7 Å². The Morgan fingerprint density at radius 2 is 2.10 bits per heavy atom. The molecule has 0 fully saturated rings. The fourth-order valence-electron chi connectivity index (χ4n) is 1.33. The molecule has 6 nitrogen and oxygen atoms in total. The summed E-state index contributed by atoms with van der Waals surface area (Å²) in [6, 6.07) is 0. The molecule has 0 rings (SSSR count). The Balaban J connectivity index is 4.03. The van der Waals surface area contributed by atoms with Crippen molar-refractivity contribution in [2.24, 2.45) is 10.9 Å². The average Bonchev–Trinajstić information content (AvgIpc) is 2.43. The zero-order valence-corrected chi connectivity index (χ0v) is 13.8. The van der Waals surface area contributed by atoms with Crippen LogP contribution in [0.25, 0.3) is 0 Å². The first kappa shape index (κ1) is 19.4. The Morgan fingerprint density at radius 1 is 1.38 bits per heavy atom. The van der Waals surface area contributed by atoms with E-state index >= 15 is 0 Å². The molecule has 0 saturated heterocycles. The lowest BCUT2D eigenvalue weighted by Gasteiger charge is -2.13. The lowest BCUT2D eigenvalue weighted by molar-refractivity contribution is -0.127. The van der Waals surface area contributed by atoms with Gasteiger partial charge in [0.05, 0.1) is 0 Å². The molecule has 0 unspecified atom stereocenters. The Labute approximate surface area is 128 Å². The molecule has 1 amide bonds. The third-order valence-corrected chi connectivity index (χ3v) is 2.49. The van der Waals surface area contributed by atoms with Crippen molar-refractivity contribution in [1.29, 1.82) is 0 Å². The molecular formula is C15H30N4O2. The second kappa shape index (κ2) is 12.2. The first-order valence-electron chi connectivity index (χ1n) is 7.38.